The Balaban J connectivity index is 2.05. The number of hydrogen-bond donors (Lipinski definition) is 1. The number of nitrogen functional groups attached to an aromatic ring is 1. The van der Waals surface area contributed by atoms with Gasteiger partial charge in [-0.1, -0.05) is 0 Å². The fourth-order valence-corrected chi connectivity index (χ4v) is 3.25. The average molecular weight is 247 g/mol. The molecule has 5 heteroatoms. The Kier molecular flexibility index (Phi) is 2.48. The summed E-state index contributed by atoms with van der Waals surface area (Å²) in [6.45, 7) is 1.70. The zero-order valence-electron chi connectivity index (χ0n) is 9.35. The van der Waals surface area contributed by atoms with Crippen LogP contribution >= 0.6 is 11.3 Å². The first-order chi connectivity index (χ1) is 8.27. The Hall–Kier alpha value is -1.62. The van der Waals surface area contributed by atoms with Gasteiger partial charge >= 0.3 is 0 Å². The molecule has 17 heavy (non-hydrogen) atoms. The van der Waals surface area contributed by atoms with Gasteiger partial charge in [-0.15, -0.1) is 11.3 Å². The molecule has 0 spiro atoms. The van der Waals surface area contributed by atoms with E-state index in [-0.39, 0.29) is 5.91 Å². The van der Waals surface area contributed by atoms with Crippen molar-refractivity contribution in [1.29, 1.82) is 0 Å². The van der Waals surface area contributed by atoms with E-state index in [9.17, 15) is 4.79 Å². The van der Waals surface area contributed by atoms with E-state index in [1.54, 1.807) is 12.4 Å². The van der Waals surface area contributed by atoms with Gasteiger partial charge in [0.25, 0.3) is 5.91 Å². The van der Waals surface area contributed by atoms with E-state index in [4.69, 9.17) is 5.73 Å². The molecule has 1 aliphatic heterocycles. The lowest BCUT2D eigenvalue weighted by atomic mass is 10.2. The van der Waals surface area contributed by atoms with Crippen LogP contribution in [-0.2, 0) is 0 Å². The van der Waals surface area contributed by atoms with E-state index in [1.807, 2.05) is 11.0 Å². The van der Waals surface area contributed by atoms with Gasteiger partial charge in [0, 0.05) is 30.9 Å². The van der Waals surface area contributed by atoms with Crippen molar-refractivity contribution in [3.63, 3.8) is 0 Å². The van der Waals surface area contributed by atoms with Gasteiger partial charge in [-0.2, -0.15) is 0 Å². The molecule has 2 aromatic rings. The maximum atomic E-state index is 12.3. The number of pyridine rings is 1. The number of carbonyl (C=O) groups is 1. The Morgan fingerprint density at radius 3 is 2.88 bits per heavy atom. The SMILES string of the molecule is Nc1c(C(=O)N2CCCC2)sc2cnccc12. The lowest BCUT2D eigenvalue weighted by Gasteiger charge is -2.14. The first-order valence-corrected chi connectivity index (χ1v) is 6.50. The smallest absolute Gasteiger partial charge is 0.266 e. The summed E-state index contributed by atoms with van der Waals surface area (Å²) in [6, 6.07) is 1.86. The van der Waals surface area contributed by atoms with Crippen molar-refractivity contribution in [2.45, 2.75) is 12.8 Å². The number of likely N-dealkylation sites (tertiary alicyclic amines) is 1. The van der Waals surface area contributed by atoms with E-state index in [2.05, 4.69) is 4.98 Å². The van der Waals surface area contributed by atoms with Crippen molar-refractivity contribution >= 4 is 33.0 Å². The van der Waals surface area contributed by atoms with Crippen molar-refractivity contribution in [3.05, 3.63) is 23.3 Å². The summed E-state index contributed by atoms with van der Waals surface area (Å²) in [5.41, 5.74) is 6.64. The molecule has 3 rings (SSSR count). The van der Waals surface area contributed by atoms with Gasteiger partial charge in [-0.25, -0.2) is 0 Å². The Morgan fingerprint density at radius 2 is 2.18 bits per heavy atom. The molecule has 1 amide bonds. The maximum absolute atomic E-state index is 12.3. The topological polar surface area (TPSA) is 59.2 Å². The Morgan fingerprint density at radius 1 is 1.41 bits per heavy atom. The van der Waals surface area contributed by atoms with Crippen LogP contribution < -0.4 is 5.73 Å². The molecule has 1 fully saturated rings. The maximum Gasteiger partial charge on any atom is 0.266 e. The summed E-state index contributed by atoms with van der Waals surface area (Å²) < 4.78 is 0.979. The molecule has 4 nitrogen and oxygen atoms in total. The molecule has 0 atom stereocenters. The van der Waals surface area contributed by atoms with Crippen molar-refractivity contribution in [2.75, 3.05) is 18.8 Å². The third kappa shape index (κ3) is 1.67. The van der Waals surface area contributed by atoms with Gasteiger partial charge in [0.05, 0.1) is 10.4 Å². The van der Waals surface area contributed by atoms with Crippen molar-refractivity contribution in [3.8, 4) is 0 Å². The number of thiophene rings is 1. The van der Waals surface area contributed by atoms with Gasteiger partial charge in [0.1, 0.15) is 4.88 Å². The normalized spacial score (nSPS) is 15.6. The van der Waals surface area contributed by atoms with Crippen molar-refractivity contribution in [2.24, 2.45) is 0 Å². The fraction of sp³-hybridized carbons (Fsp3) is 0.333. The molecule has 0 saturated carbocycles. The van der Waals surface area contributed by atoms with Crippen LogP contribution in [0.5, 0.6) is 0 Å². The quantitative estimate of drug-likeness (QED) is 0.839. The number of aromatic nitrogens is 1. The van der Waals surface area contributed by atoms with Gasteiger partial charge in [-0.3, -0.25) is 9.78 Å². The third-order valence-corrected chi connectivity index (χ3v) is 4.26. The minimum absolute atomic E-state index is 0.0706. The summed E-state index contributed by atoms with van der Waals surface area (Å²) in [5, 5.41) is 0.938. The number of nitrogens with zero attached hydrogens (tertiary/aromatic N) is 2. The van der Waals surface area contributed by atoms with Gasteiger partial charge in [0.2, 0.25) is 0 Å². The van der Waals surface area contributed by atoms with Crippen molar-refractivity contribution < 1.29 is 4.79 Å². The minimum Gasteiger partial charge on any atom is -0.397 e. The molecule has 3 heterocycles. The van der Waals surface area contributed by atoms with E-state index in [1.165, 1.54) is 11.3 Å². The molecular formula is C12H13N3OS. The number of hydrogen-bond acceptors (Lipinski definition) is 4. The molecule has 1 aliphatic rings. The molecule has 0 aliphatic carbocycles. The summed E-state index contributed by atoms with van der Waals surface area (Å²) in [5.74, 6) is 0.0706. The highest BCUT2D eigenvalue weighted by molar-refractivity contribution is 7.21. The van der Waals surface area contributed by atoms with Crippen LogP contribution in [0.4, 0.5) is 5.69 Å². The highest BCUT2D eigenvalue weighted by atomic mass is 32.1. The lowest BCUT2D eigenvalue weighted by Crippen LogP contribution is -2.27. The molecule has 1 saturated heterocycles. The predicted molar refractivity (Wildman–Crippen MR) is 69.2 cm³/mol. The van der Waals surface area contributed by atoms with Gasteiger partial charge < -0.3 is 10.6 Å². The van der Waals surface area contributed by atoms with Crippen molar-refractivity contribution in [1.82, 2.24) is 9.88 Å². The highest BCUT2D eigenvalue weighted by Crippen LogP contribution is 2.34. The second-order valence-corrected chi connectivity index (χ2v) is 5.27. The molecule has 0 radical (unpaired) electrons. The first-order valence-electron chi connectivity index (χ1n) is 5.68. The first kappa shape index (κ1) is 10.5. The second-order valence-electron chi connectivity index (χ2n) is 4.22. The summed E-state index contributed by atoms with van der Waals surface area (Å²) in [6.07, 6.45) is 5.66. The van der Waals surface area contributed by atoms with Crippen LogP contribution in [0.2, 0.25) is 0 Å². The van der Waals surface area contributed by atoms with Crippen LogP contribution in [-0.4, -0.2) is 28.9 Å². The number of rotatable bonds is 1. The van der Waals surface area contributed by atoms with E-state index in [0.717, 1.165) is 36.0 Å². The Bertz CT molecular complexity index is 572. The largest absolute Gasteiger partial charge is 0.397 e. The van der Waals surface area contributed by atoms with E-state index in [0.29, 0.717) is 10.6 Å². The second kappa shape index (κ2) is 4.00. The van der Waals surface area contributed by atoms with Gasteiger partial charge in [-0.05, 0) is 18.9 Å². The van der Waals surface area contributed by atoms with Crippen LogP contribution in [0.25, 0.3) is 10.1 Å². The van der Waals surface area contributed by atoms with Crippen LogP contribution in [0.1, 0.15) is 22.5 Å². The number of carbonyl (C=O) groups excluding carboxylic acids is 1. The fourth-order valence-electron chi connectivity index (χ4n) is 2.19. The number of amides is 1. The summed E-state index contributed by atoms with van der Waals surface area (Å²) in [4.78, 5) is 18.9. The minimum atomic E-state index is 0.0706. The summed E-state index contributed by atoms with van der Waals surface area (Å²) >= 11 is 1.44. The van der Waals surface area contributed by atoms with Crippen LogP contribution in [0.15, 0.2) is 18.5 Å². The summed E-state index contributed by atoms with van der Waals surface area (Å²) in [7, 11) is 0. The molecule has 0 aromatic carbocycles. The zero-order valence-corrected chi connectivity index (χ0v) is 10.2. The Labute approximate surface area is 103 Å². The van der Waals surface area contributed by atoms with E-state index < -0.39 is 0 Å². The molecule has 0 bridgehead atoms. The molecule has 88 valence electrons. The molecule has 0 unspecified atom stereocenters. The van der Waals surface area contributed by atoms with Crippen LogP contribution in [0, 0.1) is 0 Å². The number of anilines is 1. The third-order valence-electron chi connectivity index (χ3n) is 3.12. The van der Waals surface area contributed by atoms with E-state index >= 15 is 0 Å². The number of fused-ring (bicyclic) bond motifs is 1. The molecule has 2 aromatic heterocycles. The highest BCUT2D eigenvalue weighted by Gasteiger charge is 2.24. The molecule has 2 N–H and O–H groups in total. The van der Waals surface area contributed by atoms with Gasteiger partial charge in [0.15, 0.2) is 0 Å². The van der Waals surface area contributed by atoms with Crippen LogP contribution in [0.3, 0.4) is 0 Å². The molecular weight excluding hydrogens is 234 g/mol. The zero-order chi connectivity index (χ0) is 11.8. The average Bonchev–Trinajstić information content (AvgIpc) is 2.97. The number of nitrogens with two attached hydrogens (primary N) is 1. The lowest BCUT2D eigenvalue weighted by molar-refractivity contribution is 0.0798. The monoisotopic (exact) mass is 247 g/mol. The standard InChI is InChI=1S/C12H13N3OS/c13-10-8-3-4-14-7-9(8)17-11(10)12(16)15-5-1-2-6-15/h3-4,7H,1-2,5-6,13H2. The predicted octanol–water partition coefficient (Wildman–Crippen LogP) is 2.11.